The van der Waals surface area contributed by atoms with Gasteiger partial charge in [0.15, 0.2) is 0 Å². The first-order valence-corrected chi connectivity index (χ1v) is 6.73. The highest BCUT2D eigenvalue weighted by Gasteiger charge is 2.12. The lowest BCUT2D eigenvalue weighted by molar-refractivity contribution is -0.143. The molecule has 0 saturated carbocycles. The molecular formula is C15H24N2O2. The maximum absolute atomic E-state index is 11.3. The van der Waals surface area contributed by atoms with E-state index in [1.54, 1.807) is 0 Å². The lowest BCUT2D eigenvalue weighted by atomic mass is 10.1. The molecule has 4 heteroatoms. The molecule has 0 amide bonds. The number of anilines is 1. The number of carbonyl (C=O) groups excluding carboxylic acids is 1. The third-order valence-electron chi connectivity index (χ3n) is 3.24. The molecule has 1 rings (SSSR count). The summed E-state index contributed by atoms with van der Waals surface area (Å²) in [6.07, 6.45) is 1.38. The molecule has 0 bridgehead atoms. The number of benzene rings is 1. The molecule has 0 heterocycles. The minimum Gasteiger partial charge on any atom is -0.466 e. The van der Waals surface area contributed by atoms with E-state index in [4.69, 9.17) is 10.5 Å². The summed E-state index contributed by atoms with van der Waals surface area (Å²) < 4.78 is 4.92. The second-order valence-corrected chi connectivity index (χ2v) is 4.83. The summed E-state index contributed by atoms with van der Waals surface area (Å²) >= 11 is 0. The van der Waals surface area contributed by atoms with Crippen molar-refractivity contribution >= 4 is 11.7 Å². The van der Waals surface area contributed by atoms with E-state index in [9.17, 15) is 4.79 Å². The normalized spacial score (nSPS) is 12.4. The van der Waals surface area contributed by atoms with Gasteiger partial charge in [0.05, 0.1) is 13.0 Å². The van der Waals surface area contributed by atoms with Gasteiger partial charge in [0.1, 0.15) is 0 Å². The molecule has 0 radical (unpaired) electrons. The zero-order valence-corrected chi connectivity index (χ0v) is 12.1. The SMILES string of the molecule is CCOC(=O)CCN(C)C(C)Cc1ccc(N)cc1. The predicted octanol–water partition coefficient (Wildman–Crippen LogP) is 2.08. The molecule has 0 aliphatic carbocycles. The molecule has 4 nitrogen and oxygen atoms in total. The minimum atomic E-state index is -0.131. The summed E-state index contributed by atoms with van der Waals surface area (Å²) in [5, 5.41) is 0. The standard InChI is InChI=1S/C15H24N2O2/c1-4-19-15(18)9-10-17(3)12(2)11-13-5-7-14(16)8-6-13/h5-8,12H,4,9-11,16H2,1-3H3. The van der Waals surface area contributed by atoms with E-state index in [0.717, 1.165) is 18.7 Å². The smallest absolute Gasteiger partial charge is 0.307 e. The molecule has 1 atom stereocenters. The van der Waals surface area contributed by atoms with Crippen molar-refractivity contribution in [2.75, 3.05) is 25.9 Å². The monoisotopic (exact) mass is 264 g/mol. The van der Waals surface area contributed by atoms with Crippen LogP contribution < -0.4 is 5.73 Å². The highest BCUT2D eigenvalue weighted by molar-refractivity contribution is 5.69. The van der Waals surface area contributed by atoms with Crippen molar-refractivity contribution in [3.63, 3.8) is 0 Å². The van der Waals surface area contributed by atoms with Gasteiger partial charge in [-0.25, -0.2) is 0 Å². The second kappa shape index (κ2) is 7.79. The largest absolute Gasteiger partial charge is 0.466 e. The Bertz CT molecular complexity index is 390. The minimum absolute atomic E-state index is 0.131. The summed E-state index contributed by atoms with van der Waals surface area (Å²) in [5.41, 5.74) is 7.70. The van der Waals surface area contributed by atoms with E-state index in [1.807, 2.05) is 38.2 Å². The molecule has 0 saturated heterocycles. The first-order valence-electron chi connectivity index (χ1n) is 6.73. The number of nitrogens with zero attached hydrogens (tertiary/aromatic N) is 1. The van der Waals surface area contributed by atoms with Gasteiger partial charge in [-0.05, 0) is 45.0 Å². The van der Waals surface area contributed by atoms with E-state index in [2.05, 4.69) is 11.8 Å². The predicted molar refractivity (Wildman–Crippen MR) is 77.9 cm³/mol. The lowest BCUT2D eigenvalue weighted by Crippen LogP contribution is -2.33. The van der Waals surface area contributed by atoms with Crippen LogP contribution in [0.25, 0.3) is 0 Å². The van der Waals surface area contributed by atoms with E-state index in [0.29, 0.717) is 19.1 Å². The third-order valence-corrected chi connectivity index (χ3v) is 3.24. The number of likely N-dealkylation sites (N-methyl/N-ethyl adjacent to an activating group) is 1. The first kappa shape index (κ1) is 15.5. The molecular weight excluding hydrogens is 240 g/mol. The van der Waals surface area contributed by atoms with Crippen LogP contribution in [0.15, 0.2) is 24.3 Å². The van der Waals surface area contributed by atoms with Crippen molar-refractivity contribution in [3.8, 4) is 0 Å². The average Bonchev–Trinajstić information content (AvgIpc) is 2.39. The van der Waals surface area contributed by atoms with Crippen LogP contribution in [-0.2, 0) is 16.0 Å². The zero-order valence-electron chi connectivity index (χ0n) is 12.1. The van der Waals surface area contributed by atoms with Gasteiger partial charge in [0, 0.05) is 18.3 Å². The van der Waals surface area contributed by atoms with E-state index >= 15 is 0 Å². The van der Waals surface area contributed by atoms with Gasteiger partial charge in [-0.1, -0.05) is 12.1 Å². The Hall–Kier alpha value is -1.55. The highest BCUT2D eigenvalue weighted by atomic mass is 16.5. The fourth-order valence-corrected chi connectivity index (χ4v) is 1.87. The summed E-state index contributed by atoms with van der Waals surface area (Å²) in [4.78, 5) is 13.5. The summed E-state index contributed by atoms with van der Waals surface area (Å²) in [5.74, 6) is -0.131. The van der Waals surface area contributed by atoms with Crippen LogP contribution >= 0.6 is 0 Å². The van der Waals surface area contributed by atoms with Crippen molar-refractivity contribution in [2.45, 2.75) is 32.7 Å². The van der Waals surface area contributed by atoms with E-state index in [-0.39, 0.29) is 5.97 Å². The number of nitrogens with two attached hydrogens (primary N) is 1. The van der Waals surface area contributed by atoms with Crippen molar-refractivity contribution < 1.29 is 9.53 Å². The van der Waals surface area contributed by atoms with Crippen LogP contribution in [0.4, 0.5) is 5.69 Å². The molecule has 1 aromatic rings. The number of esters is 1. The Morgan fingerprint density at radius 2 is 2.00 bits per heavy atom. The van der Waals surface area contributed by atoms with Crippen LogP contribution in [0.2, 0.25) is 0 Å². The number of hydrogen-bond acceptors (Lipinski definition) is 4. The summed E-state index contributed by atoms with van der Waals surface area (Å²) in [7, 11) is 2.03. The summed E-state index contributed by atoms with van der Waals surface area (Å²) in [6, 6.07) is 8.30. The zero-order chi connectivity index (χ0) is 14.3. The lowest BCUT2D eigenvalue weighted by Gasteiger charge is -2.24. The fourth-order valence-electron chi connectivity index (χ4n) is 1.87. The first-order chi connectivity index (χ1) is 9.02. The van der Waals surface area contributed by atoms with Gasteiger partial charge in [-0.2, -0.15) is 0 Å². The summed E-state index contributed by atoms with van der Waals surface area (Å²) in [6.45, 7) is 5.14. The highest BCUT2D eigenvalue weighted by Crippen LogP contribution is 2.10. The van der Waals surface area contributed by atoms with E-state index in [1.165, 1.54) is 5.56 Å². The van der Waals surface area contributed by atoms with Crippen molar-refractivity contribution in [1.29, 1.82) is 0 Å². The number of carbonyl (C=O) groups is 1. The van der Waals surface area contributed by atoms with Crippen LogP contribution in [-0.4, -0.2) is 37.1 Å². The number of ether oxygens (including phenoxy) is 1. The molecule has 106 valence electrons. The van der Waals surface area contributed by atoms with Gasteiger partial charge in [-0.15, -0.1) is 0 Å². The molecule has 0 aliphatic heterocycles. The van der Waals surface area contributed by atoms with Crippen molar-refractivity contribution in [3.05, 3.63) is 29.8 Å². The molecule has 0 fully saturated rings. The van der Waals surface area contributed by atoms with Gasteiger partial charge in [0.2, 0.25) is 0 Å². The van der Waals surface area contributed by atoms with Crippen LogP contribution in [0.1, 0.15) is 25.8 Å². The molecule has 0 spiro atoms. The Kier molecular flexibility index (Phi) is 6.36. The van der Waals surface area contributed by atoms with Crippen LogP contribution in [0, 0.1) is 0 Å². The Morgan fingerprint density at radius 1 is 1.37 bits per heavy atom. The molecule has 0 aromatic heterocycles. The Morgan fingerprint density at radius 3 is 2.58 bits per heavy atom. The van der Waals surface area contributed by atoms with Gasteiger partial charge in [0.25, 0.3) is 0 Å². The maximum atomic E-state index is 11.3. The average molecular weight is 264 g/mol. The Balaban J connectivity index is 2.37. The molecule has 1 unspecified atom stereocenters. The second-order valence-electron chi connectivity index (χ2n) is 4.83. The van der Waals surface area contributed by atoms with Gasteiger partial charge in [-0.3, -0.25) is 4.79 Å². The molecule has 1 aromatic carbocycles. The van der Waals surface area contributed by atoms with Gasteiger partial charge < -0.3 is 15.4 Å². The Labute approximate surface area is 115 Å². The van der Waals surface area contributed by atoms with Crippen LogP contribution in [0.3, 0.4) is 0 Å². The number of hydrogen-bond donors (Lipinski definition) is 1. The van der Waals surface area contributed by atoms with E-state index < -0.39 is 0 Å². The van der Waals surface area contributed by atoms with Crippen LogP contribution in [0.5, 0.6) is 0 Å². The number of nitrogen functional groups attached to an aromatic ring is 1. The maximum Gasteiger partial charge on any atom is 0.307 e. The fraction of sp³-hybridized carbons (Fsp3) is 0.533. The molecule has 2 N–H and O–H groups in total. The third kappa shape index (κ3) is 5.75. The quantitative estimate of drug-likeness (QED) is 0.605. The van der Waals surface area contributed by atoms with Gasteiger partial charge >= 0.3 is 5.97 Å². The van der Waals surface area contributed by atoms with Crippen molar-refractivity contribution in [2.24, 2.45) is 0 Å². The van der Waals surface area contributed by atoms with Crippen molar-refractivity contribution in [1.82, 2.24) is 4.90 Å². The molecule has 0 aliphatic rings. The topological polar surface area (TPSA) is 55.6 Å². The molecule has 19 heavy (non-hydrogen) atoms. The number of rotatable bonds is 7.